The standard InChI is InChI=1S/C33H40F2N8O2/c1-4-21-25-23(45-30(21)36)9-8-22(35)26(25)24-17(2)38-29-28(27(24)37-3)40-32(41-31(29)42-14-19-6-7-20(15-42)39-19)44-16-33-10-5-11-43(33)13-18(34)12-33/h8-9,18-20,39H,4-7,10-16,36H2,1-3H3,(H,37,38)/t18-,19?,20?,33+/m1/s1. The van der Waals surface area contributed by atoms with Crippen molar-refractivity contribution in [3.05, 3.63) is 29.2 Å². The summed E-state index contributed by atoms with van der Waals surface area (Å²) in [7, 11) is 1.81. The molecule has 4 atom stereocenters. The van der Waals surface area contributed by atoms with Crippen LogP contribution < -0.4 is 26.0 Å². The Morgan fingerprint density at radius 2 is 1.93 bits per heavy atom. The summed E-state index contributed by atoms with van der Waals surface area (Å²) in [5.41, 5.74) is 10.6. The summed E-state index contributed by atoms with van der Waals surface area (Å²) < 4.78 is 42.8. The summed E-state index contributed by atoms with van der Waals surface area (Å²) in [4.78, 5) is 19.5. The number of rotatable bonds is 7. The summed E-state index contributed by atoms with van der Waals surface area (Å²) >= 11 is 0. The number of anilines is 3. The van der Waals surface area contributed by atoms with Crippen LogP contribution in [0.2, 0.25) is 0 Å². The van der Waals surface area contributed by atoms with Gasteiger partial charge in [-0.25, -0.2) is 13.8 Å². The van der Waals surface area contributed by atoms with Crippen LogP contribution in [-0.4, -0.2) is 83.5 Å². The van der Waals surface area contributed by atoms with Gasteiger partial charge in [0.05, 0.1) is 11.2 Å². The second-order valence-corrected chi connectivity index (χ2v) is 13.2. The van der Waals surface area contributed by atoms with Gasteiger partial charge >= 0.3 is 6.01 Å². The van der Waals surface area contributed by atoms with E-state index in [9.17, 15) is 4.39 Å². The molecule has 4 aliphatic rings. The first kappa shape index (κ1) is 28.7. The van der Waals surface area contributed by atoms with Crippen molar-refractivity contribution in [2.75, 3.05) is 55.8 Å². The number of furan rings is 1. The maximum Gasteiger partial charge on any atom is 0.319 e. The van der Waals surface area contributed by atoms with Crippen LogP contribution >= 0.6 is 0 Å². The fourth-order valence-electron chi connectivity index (χ4n) is 8.52. The average molecular weight is 619 g/mol. The number of pyridine rings is 1. The van der Waals surface area contributed by atoms with Crippen molar-refractivity contribution in [1.82, 2.24) is 25.2 Å². The third-order valence-electron chi connectivity index (χ3n) is 10.5. The quantitative estimate of drug-likeness (QED) is 0.262. The number of nitrogens with one attached hydrogen (secondary N) is 2. The molecule has 12 heteroatoms. The van der Waals surface area contributed by atoms with E-state index in [1.54, 1.807) is 6.07 Å². The number of nitrogens with zero attached hydrogens (tertiary/aromatic N) is 5. The van der Waals surface area contributed by atoms with Crippen molar-refractivity contribution in [1.29, 1.82) is 0 Å². The maximum absolute atomic E-state index is 16.0. The summed E-state index contributed by atoms with van der Waals surface area (Å²) in [5.74, 6) is 0.592. The fraction of sp³-hybridized carbons (Fsp3) is 0.545. The Labute approximate surface area is 260 Å². The van der Waals surface area contributed by atoms with Gasteiger partial charge in [-0.2, -0.15) is 9.97 Å². The second kappa shape index (κ2) is 10.7. The lowest BCUT2D eigenvalue weighted by Gasteiger charge is -2.34. The van der Waals surface area contributed by atoms with Crippen molar-refractivity contribution in [3.8, 4) is 17.1 Å². The first-order valence-electron chi connectivity index (χ1n) is 16.2. The maximum atomic E-state index is 16.0. The number of ether oxygens (including phenoxy) is 1. The van der Waals surface area contributed by atoms with E-state index in [1.807, 2.05) is 20.9 Å². The second-order valence-electron chi connectivity index (χ2n) is 13.2. The third-order valence-corrected chi connectivity index (χ3v) is 10.5. The highest BCUT2D eigenvalue weighted by Gasteiger charge is 2.49. The number of fused-ring (bicyclic) bond motifs is 5. The number of benzene rings is 1. The molecule has 4 fully saturated rings. The van der Waals surface area contributed by atoms with E-state index < -0.39 is 12.0 Å². The highest BCUT2D eigenvalue weighted by atomic mass is 19.1. The predicted molar refractivity (Wildman–Crippen MR) is 171 cm³/mol. The normalized spacial score (nSPS) is 26.3. The molecule has 45 heavy (non-hydrogen) atoms. The molecule has 7 heterocycles. The van der Waals surface area contributed by atoms with Crippen LogP contribution in [0.5, 0.6) is 6.01 Å². The number of hydrogen-bond donors (Lipinski definition) is 3. The summed E-state index contributed by atoms with van der Waals surface area (Å²) in [6, 6.07) is 4.00. The number of aromatic nitrogens is 3. The van der Waals surface area contributed by atoms with Gasteiger partial charge in [0.2, 0.25) is 0 Å². The van der Waals surface area contributed by atoms with Crippen LogP contribution in [-0.2, 0) is 6.42 Å². The molecule has 0 saturated carbocycles. The van der Waals surface area contributed by atoms with Crippen molar-refractivity contribution >= 4 is 39.4 Å². The van der Waals surface area contributed by atoms with Crippen molar-refractivity contribution in [2.24, 2.45) is 0 Å². The lowest BCUT2D eigenvalue weighted by molar-refractivity contribution is 0.107. The number of halogens is 2. The predicted octanol–water partition coefficient (Wildman–Crippen LogP) is 4.97. The molecule has 3 aromatic heterocycles. The highest BCUT2D eigenvalue weighted by molar-refractivity contribution is 6.08. The number of nitrogens with two attached hydrogens (primary N) is 1. The largest absolute Gasteiger partial charge is 0.461 e. The molecule has 4 N–H and O–H groups in total. The van der Waals surface area contributed by atoms with E-state index in [2.05, 4.69) is 20.4 Å². The zero-order valence-corrected chi connectivity index (χ0v) is 26.1. The van der Waals surface area contributed by atoms with Crippen LogP contribution in [0.3, 0.4) is 0 Å². The summed E-state index contributed by atoms with van der Waals surface area (Å²) in [6.07, 6.45) is 4.33. The van der Waals surface area contributed by atoms with Crippen molar-refractivity contribution in [3.63, 3.8) is 0 Å². The molecule has 0 spiro atoms. The topological polar surface area (TPSA) is 118 Å². The number of hydrogen-bond acceptors (Lipinski definition) is 10. The van der Waals surface area contributed by atoms with Gasteiger partial charge in [-0.15, -0.1) is 0 Å². The molecule has 0 radical (unpaired) electrons. The fourth-order valence-corrected chi connectivity index (χ4v) is 8.52. The van der Waals surface area contributed by atoms with Gasteiger partial charge < -0.3 is 30.4 Å². The minimum atomic E-state index is -0.855. The molecule has 238 valence electrons. The Kier molecular flexibility index (Phi) is 6.79. The Bertz CT molecular complexity index is 1800. The monoisotopic (exact) mass is 618 g/mol. The Hall–Kier alpha value is -3.77. The molecule has 4 aliphatic heterocycles. The van der Waals surface area contributed by atoms with Crippen LogP contribution in [0, 0.1) is 12.7 Å². The van der Waals surface area contributed by atoms with Crippen molar-refractivity contribution in [2.45, 2.75) is 76.2 Å². The first-order chi connectivity index (χ1) is 21.8. The minimum Gasteiger partial charge on any atom is -0.461 e. The number of piperazine rings is 1. The average Bonchev–Trinajstić information content (AvgIpc) is 3.75. The molecule has 2 bridgehead atoms. The van der Waals surface area contributed by atoms with Crippen molar-refractivity contribution < 1.29 is 17.9 Å². The zero-order chi connectivity index (χ0) is 31.0. The molecule has 4 saturated heterocycles. The van der Waals surface area contributed by atoms with Gasteiger partial charge in [-0.3, -0.25) is 4.90 Å². The van der Waals surface area contributed by atoms with Gasteiger partial charge in [-0.1, -0.05) is 6.92 Å². The smallest absolute Gasteiger partial charge is 0.319 e. The number of nitrogen functional groups attached to an aromatic ring is 1. The van der Waals surface area contributed by atoms with Gasteiger partial charge in [0.25, 0.3) is 0 Å². The first-order valence-corrected chi connectivity index (χ1v) is 16.2. The molecular formula is C33H40F2N8O2. The van der Waals surface area contributed by atoms with E-state index in [0.29, 0.717) is 88.4 Å². The lowest BCUT2D eigenvalue weighted by atomic mass is 9.94. The third kappa shape index (κ3) is 4.51. The van der Waals surface area contributed by atoms with Crippen LogP contribution in [0.4, 0.5) is 26.2 Å². The number of alkyl halides is 1. The molecule has 4 aromatic rings. The molecule has 1 aromatic carbocycles. The zero-order valence-electron chi connectivity index (χ0n) is 26.1. The molecular weight excluding hydrogens is 578 g/mol. The van der Waals surface area contributed by atoms with Crippen LogP contribution in [0.15, 0.2) is 16.5 Å². The van der Waals surface area contributed by atoms with Crippen LogP contribution in [0.1, 0.15) is 50.3 Å². The van der Waals surface area contributed by atoms with Gasteiger partial charge in [-0.05, 0) is 57.7 Å². The number of aryl methyl sites for hydroxylation is 2. The molecule has 2 unspecified atom stereocenters. The van der Waals surface area contributed by atoms with E-state index in [-0.39, 0.29) is 17.4 Å². The van der Waals surface area contributed by atoms with E-state index >= 15 is 4.39 Å². The minimum absolute atomic E-state index is 0.223. The summed E-state index contributed by atoms with van der Waals surface area (Å²) in [6.45, 7) is 7.09. The van der Waals surface area contributed by atoms with Gasteiger partial charge in [0, 0.05) is 73.0 Å². The Morgan fingerprint density at radius 1 is 1.13 bits per heavy atom. The van der Waals surface area contributed by atoms with Crippen LogP contribution in [0.25, 0.3) is 33.1 Å². The van der Waals surface area contributed by atoms with Gasteiger partial charge in [0.1, 0.15) is 35.2 Å². The van der Waals surface area contributed by atoms with Gasteiger partial charge in [0.15, 0.2) is 11.7 Å². The van der Waals surface area contributed by atoms with E-state index in [4.69, 9.17) is 29.8 Å². The van der Waals surface area contributed by atoms with E-state index in [0.717, 1.165) is 50.9 Å². The molecule has 0 amide bonds. The molecule has 10 nitrogen and oxygen atoms in total. The molecule has 8 rings (SSSR count). The highest BCUT2D eigenvalue weighted by Crippen LogP contribution is 2.46. The lowest BCUT2D eigenvalue weighted by Crippen LogP contribution is -2.51. The Morgan fingerprint density at radius 3 is 2.69 bits per heavy atom. The SMILES string of the molecule is CCc1c(N)oc2ccc(F)c(-c3c(C)nc4c(N5CC6CCC(C5)N6)nc(OC[C@@]56CCCN5C[C@H](F)C6)nc4c3NC)c12. The summed E-state index contributed by atoms with van der Waals surface area (Å²) in [5, 5.41) is 7.67. The Balaban J connectivity index is 1.31. The van der Waals surface area contributed by atoms with E-state index in [1.165, 1.54) is 6.07 Å². The molecule has 0 aliphatic carbocycles.